The largest absolute Gasteiger partial charge is 0.494 e. The molecule has 8 heteroatoms. The molecule has 0 aliphatic heterocycles. The second kappa shape index (κ2) is 8.60. The molecule has 2 aromatic carbocycles. The van der Waals surface area contributed by atoms with Gasteiger partial charge in [-0.1, -0.05) is 23.2 Å². The lowest BCUT2D eigenvalue weighted by molar-refractivity contribution is 0.0846. The molecule has 2 N–H and O–H groups in total. The lowest BCUT2D eigenvalue weighted by Gasteiger charge is -2.10. The van der Waals surface area contributed by atoms with Gasteiger partial charge >= 0.3 is 0 Å². The SMILES string of the molecule is CCOc1ccc(C(=O)NNC(=O)c2cc(Cl)c(OC)c(Cl)c2)cc1. The van der Waals surface area contributed by atoms with Crippen molar-refractivity contribution in [3.63, 3.8) is 0 Å². The highest BCUT2D eigenvalue weighted by atomic mass is 35.5. The second-order valence-corrected chi connectivity index (χ2v) is 5.65. The third-order valence-corrected chi connectivity index (χ3v) is 3.74. The van der Waals surface area contributed by atoms with Gasteiger partial charge in [-0.2, -0.15) is 0 Å². The minimum Gasteiger partial charge on any atom is -0.494 e. The molecule has 0 saturated carbocycles. The van der Waals surface area contributed by atoms with Crippen LogP contribution in [0.25, 0.3) is 0 Å². The number of carbonyl (C=O) groups is 2. The van der Waals surface area contributed by atoms with Crippen molar-refractivity contribution in [2.75, 3.05) is 13.7 Å². The van der Waals surface area contributed by atoms with Gasteiger partial charge in [0.05, 0.1) is 23.8 Å². The topological polar surface area (TPSA) is 76.7 Å². The molecule has 0 aliphatic rings. The van der Waals surface area contributed by atoms with E-state index in [1.807, 2.05) is 6.92 Å². The molecule has 2 rings (SSSR count). The first-order valence-corrected chi connectivity index (χ1v) is 8.08. The Bertz CT molecular complexity index is 756. The van der Waals surface area contributed by atoms with Gasteiger partial charge in [0.2, 0.25) is 0 Å². The molecule has 2 amide bonds. The number of benzene rings is 2. The highest BCUT2D eigenvalue weighted by molar-refractivity contribution is 6.37. The number of hydrogen-bond donors (Lipinski definition) is 2. The van der Waals surface area contributed by atoms with Crippen LogP contribution < -0.4 is 20.3 Å². The van der Waals surface area contributed by atoms with Crippen LogP contribution in [0.3, 0.4) is 0 Å². The molecule has 0 fully saturated rings. The summed E-state index contributed by atoms with van der Waals surface area (Å²) >= 11 is 12.0. The summed E-state index contributed by atoms with van der Waals surface area (Å²) in [5.74, 6) is -0.100. The number of hydrazine groups is 1. The van der Waals surface area contributed by atoms with Gasteiger partial charge in [-0.15, -0.1) is 0 Å². The molecule has 25 heavy (non-hydrogen) atoms. The first kappa shape index (κ1) is 18.9. The van der Waals surface area contributed by atoms with Crippen LogP contribution in [0.15, 0.2) is 36.4 Å². The van der Waals surface area contributed by atoms with E-state index in [0.29, 0.717) is 17.9 Å². The summed E-state index contributed by atoms with van der Waals surface area (Å²) in [6, 6.07) is 9.31. The van der Waals surface area contributed by atoms with Crippen LogP contribution >= 0.6 is 23.2 Å². The minimum absolute atomic E-state index is 0.183. The summed E-state index contributed by atoms with van der Waals surface area (Å²) in [6.45, 7) is 2.41. The van der Waals surface area contributed by atoms with E-state index in [-0.39, 0.29) is 21.4 Å². The summed E-state index contributed by atoms with van der Waals surface area (Å²) in [5, 5.41) is 0.385. The van der Waals surface area contributed by atoms with Gasteiger partial charge in [0, 0.05) is 11.1 Å². The normalized spacial score (nSPS) is 10.1. The molecule has 0 aromatic heterocycles. The zero-order valence-corrected chi connectivity index (χ0v) is 15.1. The maximum atomic E-state index is 12.1. The third kappa shape index (κ3) is 4.78. The fourth-order valence-corrected chi connectivity index (χ4v) is 2.65. The summed E-state index contributed by atoms with van der Waals surface area (Å²) < 4.78 is 10.3. The Balaban J connectivity index is 2.00. The summed E-state index contributed by atoms with van der Waals surface area (Å²) in [4.78, 5) is 24.2. The van der Waals surface area contributed by atoms with E-state index in [2.05, 4.69) is 10.9 Å². The van der Waals surface area contributed by atoms with Crippen LogP contribution in [0.2, 0.25) is 10.0 Å². The van der Waals surface area contributed by atoms with Crippen molar-refractivity contribution in [2.45, 2.75) is 6.92 Å². The average Bonchev–Trinajstić information content (AvgIpc) is 2.60. The number of carbonyl (C=O) groups excluding carboxylic acids is 2. The van der Waals surface area contributed by atoms with E-state index in [1.165, 1.54) is 19.2 Å². The van der Waals surface area contributed by atoms with E-state index in [1.54, 1.807) is 24.3 Å². The molecule has 0 radical (unpaired) electrons. The van der Waals surface area contributed by atoms with Gasteiger partial charge in [-0.25, -0.2) is 0 Å². The monoisotopic (exact) mass is 382 g/mol. The van der Waals surface area contributed by atoms with Crippen LogP contribution in [-0.4, -0.2) is 25.5 Å². The summed E-state index contributed by atoms with van der Waals surface area (Å²) in [7, 11) is 1.42. The van der Waals surface area contributed by atoms with E-state index >= 15 is 0 Å². The fraction of sp³-hybridized carbons (Fsp3) is 0.176. The number of rotatable bonds is 5. The maximum Gasteiger partial charge on any atom is 0.269 e. The van der Waals surface area contributed by atoms with Gasteiger partial charge in [0.25, 0.3) is 11.8 Å². The molecular weight excluding hydrogens is 367 g/mol. The summed E-state index contributed by atoms with van der Waals surface area (Å²) in [6.07, 6.45) is 0. The van der Waals surface area contributed by atoms with Crippen molar-refractivity contribution in [1.82, 2.24) is 10.9 Å². The number of amides is 2. The first-order chi connectivity index (χ1) is 12.0. The Kier molecular flexibility index (Phi) is 6.50. The first-order valence-electron chi connectivity index (χ1n) is 7.32. The van der Waals surface area contributed by atoms with E-state index in [9.17, 15) is 9.59 Å². The molecule has 2 aromatic rings. The van der Waals surface area contributed by atoms with Crippen LogP contribution in [0, 0.1) is 0 Å². The number of methoxy groups -OCH3 is 1. The van der Waals surface area contributed by atoms with Crippen LogP contribution in [0.4, 0.5) is 0 Å². The Hall–Kier alpha value is -2.44. The lowest BCUT2D eigenvalue weighted by Crippen LogP contribution is -2.41. The standard InChI is InChI=1S/C17H16Cl2N2O4/c1-3-25-12-6-4-10(5-7-12)16(22)20-21-17(23)11-8-13(18)15(24-2)14(19)9-11/h4-9H,3H2,1-2H3,(H,20,22)(H,21,23). The van der Waals surface area contributed by atoms with Crippen molar-refractivity contribution in [2.24, 2.45) is 0 Å². The Morgan fingerprint density at radius 1 is 0.960 bits per heavy atom. The van der Waals surface area contributed by atoms with Crippen LogP contribution in [0.5, 0.6) is 11.5 Å². The van der Waals surface area contributed by atoms with E-state index in [4.69, 9.17) is 32.7 Å². The number of nitrogens with one attached hydrogen (secondary N) is 2. The van der Waals surface area contributed by atoms with E-state index in [0.717, 1.165) is 0 Å². The van der Waals surface area contributed by atoms with Crippen molar-refractivity contribution < 1.29 is 19.1 Å². The molecule has 0 unspecified atom stereocenters. The van der Waals surface area contributed by atoms with Crippen molar-refractivity contribution in [3.05, 3.63) is 57.6 Å². The summed E-state index contributed by atoms with van der Waals surface area (Å²) in [5.41, 5.74) is 5.17. The number of halogens is 2. The minimum atomic E-state index is -0.564. The molecule has 0 bridgehead atoms. The lowest BCUT2D eigenvalue weighted by atomic mass is 10.2. The molecule has 0 spiro atoms. The van der Waals surface area contributed by atoms with Crippen LogP contribution in [0.1, 0.15) is 27.6 Å². The fourth-order valence-electron chi connectivity index (χ4n) is 2.01. The number of hydrogen-bond acceptors (Lipinski definition) is 4. The van der Waals surface area contributed by atoms with Gasteiger partial charge in [-0.3, -0.25) is 20.4 Å². The van der Waals surface area contributed by atoms with Crippen molar-refractivity contribution >= 4 is 35.0 Å². The molecule has 0 saturated heterocycles. The third-order valence-electron chi connectivity index (χ3n) is 3.18. The average molecular weight is 383 g/mol. The maximum absolute atomic E-state index is 12.1. The van der Waals surface area contributed by atoms with Crippen molar-refractivity contribution in [3.8, 4) is 11.5 Å². The molecule has 6 nitrogen and oxygen atoms in total. The zero-order valence-electron chi connectivity index (χ0n) is 13.6. The quantitative estimate of drug-likeness (QED) is 0.776. The van der Waals surface area contributed by atoms with E-state index < -0.39 is 11.8 Å². The smallest absolute Gasteiger partial charge is 0.269 e. The zero-order chi connectivity index (χ0) is 18.4. The highest BCUT2D eigenvalue weighted by Gasteiger charge is 2.14. The molecule has 132 valence electrons. The number of ether oxygens (including phenoxy) is 2. The molecule has 0 heterocycles. The molecule has 0 aliphatic carbocycles. The van der Waals surface area contributed by atoms with Crippen molar-refractivity contribution in [1.29, 1.82) is 0 Å². The predicted molar refractivity (Wildman–Crippen MR) is 95.6 cm³/mol. The Morgan fingerprint density at radius 2 is 1.48 bits per heavy atom. The van der Waals surface area contributed by atoms with Crippen LogP contribution in [-0.2, 0) is 0 Å². The Morgan fingerprint density at radius 3 is 1.96 bits per heavy atom. The molecular formula is C17H16Cl2N2O4. The van der Waals surface area contributed by atoms with Gasteiger partial charge in [0.15, 0.2) is 5.75 Å². The Labute approximate surface area is 155 Å². The van der Waals surface area contributed by atoms with Gasteiger partial charge < -0.3 is 9.47 Å². The second-order valence-electron chi connectivity index (χ2n) is 4.84. The molecule has 0 atom stereocenters. The predicted octanol–water partition coefficient (Wildman–Crippen LogP) is 3.48. The highest BCUT2D eigenvalue weighted by Crippen LogP contribution is 2.33. The van der Waals surface area contributed by atoms with Gasteiger partial charge in [-0.05, 0) is 43.3 Å². The van der Waals surface area contributed by atoms with Gasteiger partial charge in [0.1, 0.15) is 5.75 Å².